The van der Waals surface area contributed by atoms with Crippen LogP contribution in [0.15, 0.2) is 28.1 Å². The Morgan fingerprint density at radius 3 is 3.09 bits per heavy atom. The summed E-state index contributed by atoms with van der Waals surface area (Å²) in [7, 11) is 1.50. The van der Waals surface area contributed by atoms with E-state index in [1.807, 2.05) is 6.07 Å². The molecule has 1 heterocycles. The zero-order valence-corrected chi connectivity index (χ0v) is 7.58. The van der Waals surface area contributed by atoms with E-state index in [2.05, 4.69) is 30.9 Å². The van der Waals surface area contributed by atoms with Gasteiger partial charge in [0.2, 0.25) is 0 Å². The van der Waals surface area contributed by atoms with Gasteiger partial charge in [0.05, 0.1) is 6.21 Å². The van der Waals surface area contributed by atoms with Gasteiger partial charge in [-0.3, -0.25) is 4.98 Å². The average molecular weight is 215 g/mol. The van der Waals surface area contributed by atoms with Crippen LogP contribution >= 0.6 is 15.9 Å². The van der Waals surface area contributed by atoms with Crippen LogP contribution in [-0.4, -0.2) is 18.3 Å². The minimum atomic E-state index is 0.904. The van der Waals surface area contributed by atoms with Gasteiger partial charge in [-0.1, -0.05) is 5.16 Å². The molecule has 0 aromatic carbocycles. The van der Waals surface area contributed by atoms with E-state index in [0.717, 1.165) is 10.0 Å². The van der Waals surface area contributed by atoms with Crippen LogP contribution in [0.2, 0.25) is 0 Å². The first-order chi connectivity index (χ1) is 5.33. The molecule has 1 rings (SSSR count). The Balaban J connectivity index is 2.79. The first-order valence-corrected chi connectivity index (χ1v) is 3.79. The lowest BCUT2D eigenvalue weighted by Crippen LogP contribution is -1.83. The van der Waals surface area contributed by atoms with Crippen molar-refractivity contribution in [3.05, 3.63) is 28.5 Å². The van der Waals surface area contributed by atoms with Crippen molar-refractivity contribution >= 4 is 22.1 Å². The molecule has 0 saturated heterocycles. The Morgan fingerprint density at radius 2 is 2.45 bits per heavy atom. The summed E-state index contributed by atoms with van der Waals surface area (Å²) in [5, 5.41) is 3.60. The number of pyridine rings is 1. The topological polar surface area (TPSA) is 34.5 Å². The molecule has 0 amide bonds. The second-order valence-corrected chi connectivity index (χ2v) is 2.77. The molecular formula is C7H7BrN2O. The lowest BCUT2D eigenvalue weighted by molar-refractivity contribution is 0.215. The van der Waals surface area contributed by atoms with Crippen molar-refractivity contribution in [2.24, 2.45) is 5.16 Å². The Bertz CT molecular complexity index is 262. The molecular weight excluding hydrogens is 208 g/mol. The van der Waals surface area contributed by atoms with E-state index in [-0.39, 0.29) is 0 Å². The predicted molar refractivity (Wildman–Crippen MR) is 46.5 cm³/mol. The summed E-state index contributed by atoms with van der Waals surface area (Å²) in [6, 6.07) is 1.90. The van der Waals surface area contributed by atoms with Crippen LogP contribution in [0.25, 0.3) is 0 Å². The number of aromatic nitrogens is 1. The molecule has 0 aliphatic rings. The molecule has 11 heavy (non-hydrogen) atoms. The SMILES string of the molecule is CO/N=C/c1cncc(Br)c1. The minimum absolute atomic E-state index is 0.904. The Kier molecular flexibility index (Phi) is 3.04. The lowest BCUT2D eigenvalue weighted by atomic mass is 10.3. The van der Waals surface area contributed by atoms with Crippen molar-refractivity contribution in [1.82, 2.24) is 4.98 Å². The second-order valence-electron chi connectivity index (χ2n) is 1.85. The molecule has 0 fully saturated rings. The van der Waals surface area contributed by atoms with E-state index in [1.165, 1.54) is 7.11 Å². The van der Waals surface area contributed by atoms with Crippen LogP contribution in [0.4, 0.5) is 0 Å². The molecule has 0 bridgehead atoms. The molecule has 58 valence electrons. The van der Waals surface area contributed by atoms with E-state index in [4.69, 9.17) is 0 Å². The third-order valence-corrected chi connectivity index (χ3v) is 1.47. The van der Waals surface area contributed by atoms with Gasteiger partial charge in [0.1, 0.15) is 7.11 Å². The second kappa shape index (κ2) is 4.08. The summed E-state index contributed by atoms with van der Waals surface area (Å²) in [4.78, 5) is 8.46. The fraction of sp³-hybridized carbons (Fsp3) is 0.143. The molecule has 4 heteroatoms. The Labute approximate surface area is 73.2 Å². The third-order valence-electron chi connectivity index (χ3n) is 1.03. The maximum Gasteiger partial charge on any atom is 0.106 e. The first kappa shape index (κ1) is 8.20. The number of nitrogens with zero attached hydrogens (tertiary/aromatic N) is 2. The van der Waals surface area contributed by atoms with E-state index in [1.54, 1.807) is 18.6 Å². The Morgan fingerprint density at radius 1 is 1.64 bits per heavy atom. The Hall–Kier alpha value is -0.900. The predicted octanol–water partition coefficient (Wildman–Crippen LogP) is 1.82. The van der Waals surface area contributed by atoms with Crippen molar-refractivity contribution in [3.8, 4) is 0 Å². The van der Waals surface area contributed by atoms with Gasteiger partial charge in [-0.2, -0.15) is 0 Å². The van der Waals surface area contributed by atoms with E-state index >= 15 is 0 Å². The van der Waals surface area contributed by atoms with Gasteiger partial charge >= 0.3 is 0 Å². The van der Waals surface area contributed by atoms with Crippen LogP contribution in [0.1, 0.15) is 5.56 Å². The third kappa shape index (κ3) is 2.67. The molecule has 0 spiro atoms. The molecule has 0 saturated carbocycles. The van der Waals surface area contributed by atoms with E-state index in [9.17, 15) is 0 Å². The van der Waals surface area contributed by atoms with Crippen LogP contribution in [0, 0.1) is 0 Å². The average Bonchev–Trinajstić information content (AvgIpc) is 2.01. The van der Waals surface area contributed by atoms with Crippen molar-refractivity contribution in [2.75, 3.05) is 7.11 Å². The molecule has 3 nitrogen and oxygen atoms in total. The summed E-state index contributed by atoms with van der Waals surface area (Å²) in [5.74, 6) is 0. The van der Waals surface area contributed by atoms with Gasteiger partial charge in [0, 0.05) is 22.4 Å². The summed E-state index contributed by atoms with van der Waals surface area (Å²) in [6.45, 7) is 0. The number of hydrogen-bond donors (Lipinski definition) is 0. The fourth-order valence-electron chi connectivity index (χ4n) is 0.612. The van der Waals surface area contributed by atoms with E-state index < -0.39 is 0 Å². The lowest BCUT2D eigenvalue weighted by Gasteiger charge is -1.91. The van der Waals surface area contributed by atoms with Gasteiger partial charge < -0.3 is 4.84 Å². The molecule has 0 aliphatic carbocycles. The summed E-state index contributed by atoms with van der Waals surface area (Å²) >= 11 is 3.29. The zero-order chi connectivity index (χ0) is 8.10. The molecule has 0 N–H and O–H groups in total. The highest BCUT2D eigenvalue weighted by molar-refractivity contribution is 9.10. The quantitative estimate of drug-likeness (QED) is 0.557. The molecule has 0 unspecified atom stereocenters. The normalized spacial score (nSPS) is 10.4. The van der Waals surface area contributed by atoms with Gasteiger partial charge in [0.15, 0.2) is 0 Å². The summed E-state index contributed by atoms with van der Waals surface area (Å²) < 4.78 is 0.928. The van der Waals surface area contributed by atoms with Crippen molar-refractivity contribution in [2.45, 2.75) is 0 Å². The van der Waals surface area contributed by atoms with E-state index in [0.29, 0.717) is 0 Å². The van der Waals surface area contributed by atoms with Crippen molar-refractivity contribution in [1.29, 1.82) is 0 Å². The van der Waals surface area contributed by atoms with Gasteiger partial charge in [0.25, 0.3) is 0 Å². The van der Waals surface area contributed by atoms with Crippen LogP contribution in [0.5, 0.6) is 0 Å². The standard InChI is InChI=1S/C7H7BrN2O/c1-11-10-4-6-2-7(8)5-9-3-6/h2-5H,1H3/b10-4+. The number of oxime groups is 1. The zero-order valence-electron chi connectivity index (χ0n) is 5.99. The maximum absolute atomic E-state index is 4.51. The summed E-state index contributed by atoms with van der Waals surface area (Å²) in [6.07, 6.45) is 5.01. The molecule has 0 atom stereocenters. The highest BCUT2D eigenvalue weighted by atomic mass is 79.9. The number of rotatable bonds is 2. The first-order valence-electron chi connectivity index (χ1n) is 3.00. The smallest absolute Gasteiger partial charge is 0.106 e. The molecule has 0 aliphatic heterocycles. The largest absolute Gasteiger partial charge is 0.399 e. The highest BCUT2D eigenvalue weighted by Crippen LogP contribution is 2.07. The minimum Gasteiger partial charge on any atom is -0.399 e. The highest BCUT2D eigenvalue weighted by Gasteiger charge is 1.89. The summed E-state index contributed by atoms with van der Waals surface area (Å²) in [5.41, 5.74) is 0.904. The molecule has 1 aromatic rings. The molecule has 0 radical (unpaired) electrons. The van der Waals surface area contributed by atoms with Crippen molar-refractivity contribution in [3.63, 3.8) is 0 Å². The van der Waals surface area contributed by atoms with Gasteiger partial charge in [-0.25, -0.2) is 0 Å². The van der Waals surface area contributed by atoms with Crippen LogP contribution in [-0.2, 0) is 4.84 Å². The van der Waals surface area contributed by atoms with Gasteiger partial charge in [-0.15, -0.1) is 0 Å². The maximum atomic E-state index is 4.51. The van der Waals surface area contributed by atoms with Crippen molar-refractivity contribution < 1.29 is 4.84 Å². The van der Waals surface area contributed by atoms with Gasteiger partial charge in [-0.05, 0) is 22.0 Å². The fourth-order valence-corrected chi connectivity index (χ4v) is 0.995. The monoisotopic (exact) mass is 214 g/mol. The number of hydrogen-bond acceptors (Lipinski definition) is 3. The van der Waals surface area contributed by atoms with Crippen LogP contribution in [0.3, 0.4) is 0 Å². The molecule has 1 aromatic heterocycles. The van der Waals surface area contributed by atoms with Crippen LogP contribution < -0.4 is 0 Å². The number of halogens is 1.